The molecule has 1 amide bonds. The largest absolute Gasteiger partial charge is 0.325 e. The molecule has 3 unspecified atom stereocenters. The van der Waals surface area contributed by atoms with E-state index in [2.05, 4.69) is 24.4 Å². The molecular formula is C16H22N2OS2. The minimum atomic E-state index is -0.0661. The molecule has 0 aromatic heterocycles. The van der Waals surface area contributed by atoms with Crippen molar-refractivity contribution < 1.29 is 4.79 Å². The number of benzene rings is 1. The molecular weight excluding hydrogens is 300 g/mol. The van der Waals surface area contributed by atoms with E-state index in [1.165, 1.54) is 22.8 Å². The van der Waals surface area contributed by atoms with Gasteiger partial charge in [-0.15, -0.1) is 0 Å². The van der Waals surface area contributed by atoms with Crippen molar-refractivity contribution >= 4 is 29.4 Å². The highest BCUT2D eigenvalue weighted by atomic mass is 32.2. The van der Waals surface area contributed by atoms with Gasteiger partial charge in [0.2, 0.25) is 5.91 Å². The first-order valence-electron chi connectivity index (χ1n) is 7.54. The van der Waals surface area contributed by atoms with Crippen LogP contribution in [0.2, 0.25) is 0 Å². The lowest BCUT2D eigenvalue weighted by Crippen LogP contribution is -2.40. The molecule has 1 aromatic rings. The predicted octanol–water partition coefficient (Wildman–Crippen LogP) is 2.22. The Hall–Kier alpha value is -0.650. The number of amides is 1. The van der Waals surface area contributed by atoms with E-state index in [0.717, 1.165) is 13.0 Å². The molecule has 1 N–H and O–H groups in total. The van der Waals surface area contributed by atoms with Gasteiger partial charge in [0.25, 0.3) is 0 Å². The number of nitrogens with zero attached hydrogens (tertiary/aromatic N) is 1. The number of rotatable bonds is 4. The first kappa shape index (κ1) is 15.3. The van der Waals surface area contributed by atoms with Gasteiger partial charge in [0.15, 0.2) is 0 Å². The highest BCUT2D eigenvalue weighted by Gasteiger charge is 2.37. The lowest BCUT2D eigenvalue weighted by Gasteiger charge is -2.28. The van der Waals surface area contributed by atoms with Crippen molar-refractivity contribution in [3.8, 4) is 0 Å². The number of carbonyl (C=O) groups excluding carboxylic acids is 1. The van der Waals surface area contributed by atoms with Crippen LogP contribution in [0.4, 0.5) is 0 Å². The third-order valence-electron chi connectivity index (χ3n) is 4.06. The fourth-order valence-electron chi connectivity index (χ4n) is 2.95. The van der Waals surface area contributed by atoms with E-state index in [1.807, 2.05) is 46.6 Å². The van der Waals surface area contributed by atoms with Gasteiger partial charge in [-0.2, -0.15) is 23.5 Å². The Morgan fingerprint density at radius 1 is 1.29 bits per heavy atom. The summed E-state index contributed by atoms with van der Waals surface area (Å²) in [5, 5.41) is 4.04. The average molecular weight is 322 g/mol. The summed E-state index contributed by atoms with van der Waals surface area (Å²) in [6.07, 6.45) is 0.936. The summed E-state index contributed by atoms with van der Waals surface area (Å²) in [6, 6.07) is 10.2. The molecule has 3 nitrogen and oxygen atoms in total. The van der Waals surface area contributed by atoms with Gasteiger partial charge in [-0.1, -0.05) is 30.3 Å². The Balaban J connectivity index is 1.60. The van der Waals surface area contributed by atoms with E-state index in [1.54, 1.807) is 0 Å². The Morgan fingerprint density at radius 3 is 2.81 bits per heavy atom. The molecule has 0 bridgehead atoms. The van der Waals surface area contributed by atoms with Crippen LogP contribution < -0.4 is 5.32 Å². The molecule has 0 radical (unpaired) electrons. The van der Waals surface area contributed by atoms with Gasteiger partial charge >= 0.3 is 0 Å². The van der Waals surface area contributed by atoms with Crippen LogP contribution in [0.25, 0.3) is 0 Å². The molecule has 2 saturated heterocycles. The lowest BCUT2D eigenvalue weighted by atomic mass is 10.1. The van der Waals surface area contributed by atoms with Gasteiger partial charge in [0.1, 0.15) is 0 Å². The van der Waals surface area contributed by atoms with Gasteiger partial charge in [-0.25, -0.2) is 0 Å². The monoisotopic (exact) mass is 322 g/mol. The second-order valence-electron chi connectivity index (χ2n) is 5.64. The highest BCUT2D eigenvalue weighted by molar-refractivity contribution is 8.06. The third-order valence-corrected chi connectivity index (χ3v) is 6.89. The Kier molecular flexibility index (Phi) is 5.14. The minimum Gasteiger partial charge on any atom is -0.325 e. The van der Waals surface area contributed by atoms with Crippen molar-refractivity contribution in [3.05, 3.63) is 35.9 Å². The van der Waals surface area contributed by atoms with Crippen molar-refractivity contribution in [2.75, 3.05) is 23.8 Å². The average Bonchev–Trinajstić information content (AvgIpc) is 2.77. The first-order chi connectivity index (χ1) is 10.2. The fraction of sp³-hybridized carbons (Fsp3) is 0.562. The zero-order valence-electron chi connectivity index (χ0n) is 12.3. The molecule has 21 heavy (non-hydrogen) atoms. The van der Waals surface area contributed by atoms with Gasteiger partial charge in [0, 0.05) is 29.1 Å². The molecule has 2 aliphatic heterocycles. The summed E-state index contributed by atoms with van der Waals surface area (Å²) in [6.45, 7) is 2.99. The summed E-state index contributed by atoms with van der Waals surface area (Å²) in [5.41, 5.74) is 1.22. The quantitative estimate of drug-likeness (QED) is 0.921. The van der Waals surface area contributed by atoms with E-state index in [0.29, 0.717) is 5.25 Å². The van der Waals surface area contributed by atoms with Crippen LogP contribution in [0.3, 0.4) is 0 Å². The summed E-state index contributed by atoms with van der Waals surface area (Å²) in [4.78, 5) is 14.7. The summed E-state index contributed by atoms with van der Waals surface area (Å²) in [5.74, 6) is 3.90. The van der Waals surface area contributed by atoms with E-state index < -0.39 is 0 Å². The second-order valence-corrected chi connectivity index (χ2v) is 8.20. The van der Waals surface area contributed by atoms with Crippen molar-refractivity contribution in [2.24, 2.45) is 0 Å². The van der Waals surface area contributed by atoms with Crippen LogP contribution in [0.5, 0.6) is 0 Å². The van der Waals surface area contributed by atoms with Crippen LogP contribution >= 0.6 is 23.5 Å². The molecule has 0 saturated carbocycles. The maximum absolute atomic E-state index is 12.6. The number of hydrogen-bond acceptors (Lipinski definition) is 4. The van der Waals surface area contributed by atoms with Crippen LogP contribution in [-0.4, -0.2) is 52.1 Å². The topological polar surface area (TPSA) is 32.3 Å². The zero-order valence-corrected chi connectivity index (χ0v) is 14.0. The van der Waals surface area contributed by atoms with Crippen LogP contribution in [0.1, 0.15) is 12.5 Å². The van der Waals surface area contributed by atoms with Gasteiger partial charge in [-0.3, -0.25) is 10.1 Å². The summed E-state index contributed by atoms with van der Waals surface area (Å²) >= 11 is 4.03. The molecule has 2 fully saturated rings. The SMILES string of the molecule is CC1NC(Cc2ccccc2)C(=O)N1CC1CSCCS1. The Morgan fingerprint density at radius 2 is 2.10 bits per heavy atom. The normalized spacial score (nSPS) is 29.9. The number of hydrogen-bond donors (Lipinski definition) is 1. The highest BCUT2D eigenvalue weighted by Crippen LogP contribution is 2.26. The molecule has 1 aromatic carbocycles. The van der Waals surface area contributed by atoms with Crippen LogP contribution in [0.15, 0.2) is 30.3 Å². The van der Waals surface area contributed by atoms with Crippen molar-refractivity contribution in [3.63, 3.8) is 0 Å². The Labute approximate surface area is 135 Å². The van der Waals surface area contributed by atoms with Crippen molar-refractivity contribution in [2.45, 2.75) is 30.8 Å². The third kappa shape index (κ3) is 3.76. The maximum atomic E-state index is 12.6. The molecule has 3 rings (SSSR count). The van der Waals surface area contributed by atoms with E-state index in [-0.39, 0.29) is 18.1 Å². The maximum Gasteiger partial charge on any atom is 0.241 e. The van der Waals surface area contributed by atoms with Gasteiger partial charge in [-0.05, 0) is 18.9 Å². The number of carbonyl (C=O) groups is 1. The van der Waals surface area contributed by atoms with E-state index in [4.69, 9.17) is 0 Å². The van der Waals surface area contributed by atoms with Gasteiger partial charge < -0.3 is 4.90 Å². The smallest absolute Gasteiger partial charge is 0.241 e. The predicted molar refractivity (Wildman–Crippen MR) is 91.8 cm³/mol. The van der Waals surface area contributed by atoms with Crippen LogP contribution in [-0.2, 0) is 11.2 Å². The molecule has 3 atom stereocenters. The standard InChI is InChI=1S/C16H22N2OS2/c1-12-17-15(9-13-5-3-2-4-6-13)16(19)18(12)10-14-11-20-7-8-21-14/h2-6,12,14-15,17H,7-11H2,1H3. The number of thioether (sulfide) groups is 2. The molecule has 0 aliphatic carbocycles. The van der Waals surface area contributed by atoms with Crippen molar-refractivity contribution in [1.29, 1.82) is 0 Å². The molecule has 114 valence electrons. The second kappa shape index (κ2) is 7.07. The van der Waals surface area contributed by atoms with Crippen molar-refractivity contribution in [1.82, 2.24) is 10.2 Å². The molecule has 0 spiro atoms. The van der Waals surface area contributed by atoms with E-state index in [9.17, 15) is 4.79 Å². The molecule has 2 heterocycles. The van der Waals surface area contributed by atoms with Gasteiger partial charge in [0.05, 0.1) is 12.2 Å². The zero-order chi connectivity index (χ0) is 14.7. The summed E-state index contributed by atoms with van der Waals surface area (Å²) in [7, 11) is 0. The Bertz CT molecular complexity index is 476. The molecule has 2 aliphatic rings. The number of nitrogens with one attached hydrogen (secondary N) is 1. The van der Waals surface area contributed by atoms with E-state index >= 15 is 0 Å². The minimum absolute atomic E-state index is 0.0661. The fourth-order valence-corrected chi connectivity index (χ4v) is 5.61. The summed E-state index contributed by atoms with van der Waals surface area (Å²) < 4.78 is 0. The van der Waals surface area contributed by atoms with Crippen LogP contribution in [0, 0.1) is 0 Å². The molecule has 5 heteroatoms. The lowest BCUT2D eigenvalue weighted by molar-refractivity contribution is -0.129. The first-order valence-corrected chi connectivity index (χ1v) is 9.74.